The minimum Gasteiger partial charge on any atom is -0.367 e. The molecule has 0 radical (unpaired) electrons. The number of nitrogens with zero attached hydrogens (tertiary/aromatic N) is 2. The Morgan fingerprint density at radius 2 is 2.00 bits per heavy atom. The average Bonchev–Trinajstić information content (AvgIpc) is 2.58. The first-order valence-corrected chi connectivity index (χ1v) is 8.48. The van der Waals surface area contributed by atoms with E-state index in [-0.39, 0.29) is 30.1 Å². The Kier molecular flexibility index (Phi) is 4.99. The first-order valence-electron chi connectivity index (χ1n) is 8.48. The van der Waals surface area contributed by atoms with Crippen molar-refractivity contribution in [3.05, 3.63) is 63.3 Å². The lowest BCUT2D eigenvalue weighted by Gasteiger charge is -2.37. The van der Waals surface area contributed by atoms with E-state index < -0.39 is 0 Å². The molecule has 2 aromatic rings. The Hall–Kier alpha value is -2.47. The molecule has 1 aliphatic heterocycles. The van der Waals surface area contributed by atoms with E-state index >= 15 is 0 Å². The molecule has 6 nitrogen and oxygen atoms in total. The number of carbonyl (C=O) groups excluding carboxylic acids is 1. The van der Waals surface area contributed by atoms with E-state index in [1.807, 2.05) is 37.3 Å². The van der Waals surface area contributed by atoms with Gasteiger partial charge in [-0.15, -0.1) is 0 Å². The van der Waals surface area contributed by atoms with Crippen LogP contribution in [0.15, 0.2) is 35.1 Å². The van der Waals surface area contributed by atoms with Crippen molar-refractivity contribution in [2.75, 3.05) is 13.1 Å². The molecule has 0 bridgehead atoms. The lowest BCUT2D eigenvalue weighted by Crippen LogP contribution is -2.47. The van der Waals surface area contributed by atoms with Gasteiger partial charge in [-0.1, -0.05) is 30.3 Å². The van der Waals surface area contributed by atoms with E-state index in [0.29, 0.717) is 30.2 Å². The number of H-pyrrole nitrogens is 1. The van der Waals surface area contributed by atoms with Crippen LogP contribution < -0.4 is 5.56 Å². The summed E-state index contributed by atoms with van der Waals surface area (Å²) in [5.41, 5.74) is 1.86. The number of aromatic nitrogens is 2. The van der Waals surface area contributed by atoms with Crippen molar-refractivity contribution >= 4 is 5.91 Å². The Bertz CT molecular complexity index is 816. The minimum atomic E-state index is -0.237. The summed E-state index contributed by atoms with van der Waals surface area (Å²) in [4.78, 5) is 33.6. The zero-order valence-electron chi connectivity index (χ0n) is 14.8. The number of benzene rings is 1. The molecule has 0 aliphatic carbocycles. The number of amides is 1. The Labute approximate surface area is 146 Å². The maximum atomic E-state index is 12.8. The molecule has 0 unspecified atom stereocenters. The predicted octanol–water partition coefficient (Wildman–Crippen LogP) is 1.92. The van der Waals surface area contributed by atoms with Crippen LogP contribution >= 0.6 is 0 Å². The van der Waals surface area contributed by atoms with Gasteiger partial charge in [0.05, 0.1) is 19.1 Å². The Morgan fingerprint density at radius 1 is 1.28 bits per heavy atom. The fourth-order valence-corrected chi connectivity index (χ4v) is 3.23. The highest BCUT2D eigenvalue weighted by Gasteiger charge is 2.29. The highest BCUT2D eigenvalue weighted by Crippen LogP contribution is 2.25. The number of aryl methyl sites for hydroxylation is 2. The van der Waals surface area contributed by atoms with Crippen molar-refractivity contribution in [2.45, 2.75) is 39.4 Å². The number of aromatic amines is 1. The third-order valence-corrected chi connectivity index (χ3v) is 4.45. The van der Waals surface area contributed by atoms with E-state index in [0.717, 1.165) is 5.56 Å². The molecule has 132 valence electrons. The first-order chi connectivity index (χ1) is 11.9. The number of carbonyl (C=O) groups is 1. The molecule has 0 spiro atoms. The molecule has 3 rings (SSSR count). The smallest absolute Gasteiger partial charge is 0.254 e. The topological polar surface area (TPSA) is 75.3 Å². The standard InChI is InChI=1S/C19H23N3O3/c1-12-10-22(11-17(25-12)15-7-5-4-6-8-15)18(23)9-16-13(2)20-14(3)21-19(16)24/h4-8,12,17H,9-11H2,1-3H3,(H,20,21,24)/t12-,17+/m1/s1. The van der Waals surface area contributed by atoms with Crippen LogP contribution in [0.25, 0.3) is 0 Å². The lowest BCUT2D eigenvalue weighted by atomic mass is 10.1. The van der Waals surface area contributed by atoms with Gasteiger partial charge in [-0.05, 0) is 26.3 Å². The predicted molar refractivity (Wildman–Crippen MR) is 94.3 cm³/mol. The quantitative estimate of drug-likeness (QED) is 0.925. The van der Waals surface area contributed by atoms with E-state index in [1.165, 1.54) is 0 Å². The molecule has 1 saturated heterocycles. The summed E-state index contributed by atoms with van der Waals surface area (Å²) in [6.45, 7) is 6.47. The monoisotopic (exact) mass is 341 g/mol. The van der Waals surface area contributed by atoms with Crippen molar-refractivity contribution in [3.8, 4) is 0 Å². The number of hydrogen-bond donors (Lipinski definition) is 1. The van der Waals surface area contributed by atoms with Gasteiger partial charge < -0.3 is 14.6 Å². The summed E-state index contributed by atoms with van der Waals surface area (Å²) < 4.78 is 5.99. The molecule has 1 N–H and O–H groups in total. The van der Waals surface area contributed by atoms with Crippen molar-refractivity contribution < 1.29 is 9.53 Å². The molecule has 1 aromatic heterocycles. The van der Waals surface area contributed by atoms with Crippen LogP contribution in [0.1, 0.15) is 35.7 Å². The molecule has 1 aliphatic rings. The van der Waals surface area contributed by atoms with Crippen molar-refractivity contribution in [1.29, 1.82) is 0 Å². The van der Waals surface area contributed by atoms with Crippen LogP contribution in [0.5, 0.6) is 0 Å². The fraction of sp³-hybridized carbons (Fsp3) is 0.421. The van der Waals surface area contributed by atoms with Crippen LogP contribution in [-0.4, -0.2) is 40.0 Å². The van der Waals surface area contributed by atoms with Gasteiger partial charge in [0.1, 0.15) is 11.9 Å². The number of hydrogen-bond acceptors (Lipinski definition) is 4. The van der Waals surface area contributed by atoms with Crippen LogP contribution in [0.4, 0.5) is 0 Å². The summed E-state index contributed by atoms with van der Waals surface area (Å²) >= 11 is 0. The molecule has 0 saturated carbocycles. The molecule has 1 aromatic carbocycles. The number of ether oxygens (including phenoxy) is 1. The normalized spacial score (nSPS) is 20.5. The molecular weight excluding hydrogens is 318 g/mol. The third-order valence-electron chi connectivity index (χ3n) is 4.45. The molecule has 6 heteroatoms. The van der Waals surface area contributed by atoms with Crippen molar-refractivity contribution in [3.63, 3.8) is 0 Å². The summed E-state index contributed by atoms with van der Waals surface area (Å²) in [5.74, 6) is 0.484. The van der Waals surface area contributed by atoms with Gasteiger partial charge in [0.15, 0.2) is 0 Å². The Morgan fingerprint density at radius 3 is 2.68 bits per heavy atom. The van der Waals surface area contributed by atoms with Crippen LogP contribution in [0.2, 0.25) is 0 Å². The van der Waals surface area contributed by atoms with Crippen LogP contribution in [-0.2, 0) is 16.0 Å². The highest BCUT2D eigenvalue weighted by molar-refractivity contribution is 5.79. The second-order valence-corrected chi connectivity index (χ2v) is 6.54. The van der Waals surface area contributed by atoms with Gasteiger partial charge in [-0.25, -0.2) is 4.98 Å². The number of nitrogens with one attached hydrogen (secondary N) is 1. The largest absolute Gasteiger partial charge is 0.367 e. The molecule has 2 atom stereocenters. The summed E-state index contributed by atoms with van der Waals surface area (Å²) in [5, 5.41) is 0. The van der Waals surface area contributed by atoms with E-state index in [4.69, 9.17) is 4.74 Å². The van der Waals surface area contributed by atoms with Gasteiger partial charge in [-0.3, -0.25) is 9.59 Å². The summed E-state index contributed by atoms with van der Waals surface area (Å²) in [7, 11) is 0. The molecule has 25 heavy (non-hydrogen) atoms. The summed E-state index contributed by atoms with van der Waals surface area (Å²) in [6, 6.07) is 9.89. The van der Waals surface area contributed by atoms with E-state index in [1.54, 1.807) is 18.7 Å². The maximum absolute atomic E-state index is 12.8. The molecular formula is C19H23N3O3. The van der Waals surface area contributed by atoms with Crippen LogP contribution in [0.3, 0.4) is 0 Å². The molecule has 2 heterocycles. The Balaban J connectivity index is 1.77. The van der Waals surface area contributed by atoms with E-state index in [2.05, 4.69) is 9.97 Å². The average molecular weight is 341 g/mol. The second-order valence-electron chi connectivity index (χ2n) is 6.54. The molecule has 1 amide bonds. The fourth-order valence-electron chi connectivity index (χ4n) is 3.23. The van der Waals surface area contributed by atoms with Gasteiger partial charge in [0.2, 0.25) is 5.91 Å². The van der Waals surface area contributed by atoms with Gasteiger partial charge in [-0.2, -0.15) is 0 Å². The number of morpholine rings is 1. The molecule has 1 fully saturated rings. The minimum absolute atomic E-state index is 0.0570. The summed E-state index contributed by atoms with van der Waals surface area (Å²) in [6.07, 6.45) is -0.147. The zero-order chi connectivity index (χ0) is 18.0. The van der Waals surface area contributed by atoms with Crippen molar-refractivity contribution in [1.82, 2.24) is 14.9 Å². The lowest BCUT2D eigenvalue weighted by molar-refractivity contribution is -0.144. The second kappa shape index (κ2) is 7.19. The maximum Gasteiger partial charge on any atom is 0.254 e. The third kappa shape index (κ3) is 3.96. The SMILES string of the molecule is Cc1nc(C)c(CC(=O)N2C[C@@H](C)O[C@H](c3ccccc3)C2)c(=O)[nH]1. The van der Waals surface area contributed by atoms with Gasteiger partial charge >= 0.3 is 0 Å². The van der Waals surface area contributed by atoms with Gasteiger partial charge in [0, 0.05) is 17.8 Å². The number of rotatable bonds is 3. The van der Waals surface area contributed by atoms with Gasteiger partial charge in [0.25, 0.3) is 5.56 Å². The highest BCUT2D eigenvalue weighted by atomic mass is 16.5. The van der Waals surface area contributed by atoms with Crippen molar-refractivity contribution in [2.24, 2.45) is 0 Å². The van der Waals surface area contributed by atoms with E-state index in [9.17, 15) is 9.59 Å². The first kappa shape index (κ1) is 17.4. The van der Waals surface area contributed by atoms with Crippen LogP contribution in [0, 0.1) is 13.8 Å². The zero-order valence-corrected chi connectivity index (χ0v) is 14.8.